The van der Waals surface area contributed by atoms with Crippen LogP contribution < -0.4 is 11.1 Å². The largest absolute Gasteiger partial charge is 0.394 e. The van der Waals surface area contributed by atoms with E-state index in [-0.39, 0.29) is 40.8 Å². The third kappa shape index (κ3) is 16.5. The molecule has 0 aromatic carbocycles. The fourth-order valence-corrected chi connectivity index (χ4v) is 2.94. The summed E-state index contributed by atoms with van der Waals surface area (Å²) >= 11 is 0. The van der Waals surface area contributed by atoms with E-state index in [0.29, 0.717) is 6.42 Å². The maximum atomic E-state index is 12.2. The number of hydrogen-bond acceptors (Lipinski definition) is 8. The Labute approximate surface area is 305 Å². The highest BCUT2D eigenvalue weighted by molar-refractivity contribution is 5.94. The van der Waals surface area contributed by atoms with Crippen LogP contribution >= 0.6 is 0 Å². The monoisotopic (exact) mass is 659 g/mol. The Morgan fingerprint density at radius 2 is 1.15 bits per heavy atom. The van der Waals surface area contributed by atoms with E-state index in [1.165, 1.54) is 0 Å². The van der Waals surface area contributed by atoms with Crippen molar-refractivity contribution in [2.75, 3.05) is 13.2 Å². The second-order valence-corrected chi connectivity index (χ2v) is 8.31. The first kappa shape index (κ1) is 37.9. The predicted molar refractivity (Wildman–Crippen MR) is 220 cm³/mol. The zero-order chi connectivity index (χ0) is 33.8. The molecule has 0 aromatic heterocycles. The average Bonchev–Trinajstić information content (AvgIpc) is 3.06. The first-order valence-corrected chi connectivity index (χ1v) is 13.3. The van der Waals surface area contributed by atoms with Gasteiger partial charge in [-0.15, -0.1) is 0 Å². The van der Waals surface area contributed by atoms with Crippen LogP contribution in [0.1, 0.15) is 54.5 Å². The lowest BCUT2D eigenvalue weighted by atomic mass is 9.99. The summed E-state index contributed by atoms with van der Waals surface area (Å²) in [5.41, 5.74) is 6.06. The molecular weight excluding hydrogens is 584 g/mol. The van der Waals surface area contributed by atoms with Crippen LogP contribution in [0.3, 0.4) is 0 Å². The summed E-state index contributed by atoms with van der Waals surface area (Å²) in [5.74, 6) is 58.5. The second kappa shape index (κ2) is 24.4. The molecule has 0 saturated carbocycles. The van der Waals surface area contributed by atoms with Crippen molar-refractivity contribution in [3.05, 3.63) is 0 Å². The Hall–Kier alpha value is -6.09. The Kier molecular flexibility index (Phi) is 20.1. The van der Waals surface area contributed by atoms with Crippen molar-refractivity contribution < 1.29 is 68.9 Å². The molecule has 7 N–H and O–H groups in total. The number of nitrogens with one attached hydrogen (secondary N) is 1. The first-order valence-electron chi connectivity index (χ1n) is 13.3. The van der Waals surface area contributed by atoms with E-state index in [1.807, 2.05) is 0 Å². The number of aliphatic hydroxyl groups excluding tert-OH is 4. The van der Waals surface area contributed by atoms with E-state index < -0.39 is 55.3 Å². The van der Waals surface area contributed by atoms with Gasteiger partial charge in [0, 0.05) is 81.7 Å². The molecule has 1 fully saturated rings. The average molecular weight is 659 g/mol. The first-order chi connectivity index (χ1) is 22.3. The lowest BCUT2D eigenvalue weighted by Crippen LogP contribution is -2.60. The summed E-state index contributed by atoms with van der Waals surface area (Å²) in [7, 11) is 0. The SMILES string of the molecule is CC#CC#CC#CC#CC#CC#CC#CC#CC#CC#CC#CC#CC(=O)N[C@@H](CO[C@H]1OC(CO)[C@H](O)[C@H](O)C1O)[C@H](N)CC.[HH].[HH].[HH].[HH].[HH].[HH].[HH].[HH].[HH].[HH].[HH].[HH].[HH].[HH].[HH].[HH].[HH].[HH].[HH].[HH].[HH].[HH].[HH].[HH]. The van der Waals surface area contributed by atoms with Crippen molar-refractivity contribution in [3.63, 3.8) is 0 Å². The van der Waals surface area contributed by atoms with Crippen molar-refractivity contribution in [3.8, 4) is 142 Å². The highest BCUT2D eigenvalue weighted by Crippen LogP contribution is 2.22. The Bertz CT molecular complexity index is 1940. The molecule has 0 aliphatic carbocycles. The lowest BCUT2D eigenvalue weighted by Gasteiger charge is -2.40. The smallest absolute Gasteiger partial charge is 0.297 e. The van der Waals surface area contributed by atoms with Gasteiger partial charge in [-0.05, 0) is 108 Å². The topological polar surface area (TPSA) is 155 Å². The maximum Gasteiger partial charge on any atom is 0.297 e. The summed E-state index contributed by atoms with van der Waals surface area (Å²) < 4.78 is 10.8. The van der Waals surface area contributed by atoms with Gasteiger partial charge in [0.25, 0.3) is 5.91 Å². The van der Waals surface area contributed by atoms with Gasteiger partial charge >= 0.3 is 0 Å². The van der Waals surface area contributed by atoms with Gasteiger partial charge in [-0.3, -0.25) is 4.79 Å². The van der Waals surface area contributed by atoms with Crippen molar-refractivity contribution in [1.29, 1.82) is 0 Å². The zero-order valence-electron chi connectivity index (χ0n) is 24.8. The van der Waals surface area contributed by atoms with Gasteiger partial charge in [-0.1, -0.05) is 12.8 Å². The van der Waals surface area contributed by atoms with E-state index in [2.05, 4.69) is 147 Å². The zero-order valence-corrected chi connectivity index (χ0v) is 24.8. The maximum absolute atomic E-state index is 12.2. The van der Waals surface area contributed by atoms with Gasteiger partial charge in [0.05, 0.1) is 19.3 Å². The Balaban J connectivity index is -0.0000000401. The molecule has 1 heterocycles. The third-order valence-corrected chi connectivity index (χ3v) is 5.21. The van der Waals surface area contributed by atoms with Crippen molar-refractivity contribution in [2.45, 2.75) is 63.1 Å². The van der Waals surface area contributed by atoms with Crippen LogP contribution in [-0.4, -0.2) is 82.3 Å². The summed E-state index contributed by atoms with van der Waals surface area (Å²) in [6, 6.07) is -1.28. The molecular formula is C37H74N2O7. The Morgan fingerprint density at radius 3 is 1.54 bits per heavy atom. The molecule has 46 heavy (non-hydrogen) atoms. The number of hydrogen-bond donors (Lipinski definition) is 6. The number of aliphatic hydroxyl groups is 4. The minimum atomic E-state index is -1.60. The van der Waals surface area contributed by atoms with E-state index in [9.17, 15) is 25.2 Å². The molecule has 1 aliphatic rings. The van der Waals surface area contributed by atoms with Crippen molar-refractivity contribution >= 4 is 5.91 Å². The minimum Gasteiger partial charge on any atom is -0.394 e. The lowest BCUT2D eigenvalue weighted by molar-refractivity contribution is -0.302. The number of amides is 1. The molecule has 9 nitrogen and oxygen atoms in total. The van der Waals surface area contributed by atoms with Crippen LogP contribution in [0.5, 0.6) is 0 Å². The van der Waals surface area contributed by atoms with Gasteiger partial charge in [-0.2, -0.15) is 0 Å². The van der Waals surface area contributed by atoms with E-state index >= 15 is 0 Å². The van der Waals surface area contributed by atoms with Gasteiger partial charge in [0.15, 0.2) is 6.29 Å². The summed E-state index contributed by atoms with van der Waals surface area (Å²) in [4.78, 5) is 12.2. The Morgan fingerprint density at radius 1 is 0.739 bits per heavy atom. The fourth-order valence-electron chi connectivity index (χ4n) is 2.94. The van der Waals surface area contributed by atoms with Crippen LogP contribution in [0.2, 0.25) is 0 Å². The van der Waals surface area contributed by atoms with Crippen LogP contribution in [0.4, 0.5) is 0 Å². The molecule has 0 bridgehead atoms. The highest BCUT2D eigenvalue weighted by atomic mass is 16.7. The normalized spacial score (nSPS) is 18.8. The minimum absolute atomic E-state index is 0. The summed E-state index contributed by atoms with van der Waals surface area (Å²) in [5, 5.41) is 41.8. The van der Waals surface area contributed by atoms with Gasteiger partial charge < -0.3 is 41.0 Å². The molecule has 0 spiro atoms. The van der Waals surface area contributed by atoms with Crippen LogP contribution in [0, 0.1) is 142 Å². The van der Waals surface area contributed by atoms with Crippen molar-refractivity contribution in [1.82, 2.24) is 5.32 Å². The van der Waals surface area contributed by atoms with E-state index in [0.717, 1.165) is 0 Å². The number of carbonyl (C=O) groups excluding carboxylic acids is 1. The molecule has 1 amide bonds. The molecule has 1 aliphatic heterocycles. The molecule has 9 heteroatoms. The van der Waals surface area contributed by atoms with Gasteiger partial charge in [0.1, 0.15) is 24.4 Å². The second-order valence-electron chi connectivity index (χ2n) is 8.31. The molecule has 2 unspecified atom stereocenters. The van der Waals surface area contributed by atoms with Crippen LogP contribution in [0.15, 0.2) is 0 Å². The quantitative estimate of drug-likeness (QED) is 0.228. The molecule has 274 valence electrons. The van der Waals surface area contributed by atoms with E-state index in [4.69, 9.17) is 15.2 Å². The number of ether oxygens (including phenoxy) is 2. The molecule has 7 atom stereocenters. The standard InChI is InChI=1S/C37H26N2O7.24H2/c1-3-5-6-7-8-9-10-11-12-13-14-15-16-17-18-19-20-21-22-23-24-25-26-27-33(41)39-31(30(38)4-2)29-45-37-36(44)35(43)34(42)32(28-40)46-37;;;;;;;;;;;;;;;;;;;;;;;;/h30-32,34-37,40,42-44H,4,28-29,38H2,1-2H3,(H,39,41);24*1H/t30-,31+,32?,34+,35+,36?,37+;;;;;;;;;;;;;;;;;;;;;;;;/m1......................../s1. The molecule has 1 rings (SSSR count). The number of rotatable bonds is 7. The third-order valence-electron chi connectivity index (χ3n) is 5.21. The van der Waals surface area contributed by atoms with Crippen molar-refractivity contribution in [2.24, 2.45) is 5.73 Å². The molecule has 0 aromatic rings. The van der Waals surface area contributed by atoms with Gasteiger partial charge in [-0.25, -0.2) is 0 Å². The predicted octanol–water partition coefficient (Wildman–Crippen LogP) is 2.99. The van der Waals surface area contributed by atoms with E-state index in [1.54, 1.807) is 13.8 Å². The van der Waals surface area contributed by atoms with Gasteiger partial charge in [0.2, 0.25) is 0 Å². The fraction of sp³-hybridized carbons (Fsp3) is 0.324. The van der Waals surface area contributed by atoms with Crippen LogP contribution in [0.25, 0.3) is 0 Å². The molecule has 0 radical (unpaired) electrons. The summed E-state index contributed by atoms with van der Waals surface area (Å²) in [6.45, 7) is 2.66. The number of carbonyl (C=O) groups is 1. The number of nitrogens with two attached hydrogens (primary N) is 1. The highest BCUT2D eigenvalue weighted by Gasteiger charge is 2.44. The summed E-state index contributed by atoms with van der Waals surface area (Å²) in [6.07, 6.45) is -6.74. The van der Waals surface area contributed by atoms with Crippen LogP contribution in [-0.2, 0) is 14.3 Å². The molecule has 1 saturated heterocycles.